The van der Waals surface area contributed by atoms with Crippen LogP contribution in [0.5, 0.6) is 0 Å². The smallest absolute Gasteiger partial charge is 0.230 e. The van der Waals surface area contributed by atoms with Crippen LogP contribution in [0.4, 0.5) is 5.69 Å². The van der Waals surface area contributed by atoms with Crippen LogP contribution in [-0.4, -0.2) is 47.0 Å². The third-order valence-electron chi connectivity index (χ3n) is 5.66. The largest absolute Gasteiger partial charge is 0.324 e. The van der Waals surface area contributed by atoms with Crippen LogP contribution in [0.3, 0.4) is 0 Å². The van der Waals surface area contributed by atoms with E-state index in [0.717, 1.165) is 66.3 Å². The summed E-state index contributed by atoms with van der Waals surface area (Å²) in [5.74, 6) is -0.0892. The van der Waals surface area contributed by atoms with Crippen molar-refractivity contribution >= 4 is 33.8 Å². The summed E-state index contributed by atoms with van der Waals surface area (Å²) in [6, 6.07) is 18.6. The molecule has 162 valence electrons. The zero-order valence-corrected chi connectivity index (χ0v) is 18.6. The molecule has 0 spiro atoms. The number of nitrogens with one attached hydrogen (secondary N) is 2. The van der Waals surface area contributed by atoms with Gasteiger partial charge >= 0.3 is 0 Å². The lowest BCUT2D eigenvalue weighted by molar-refractivity contribution is -0.115. The molecule has 1 fully saturated rings. The highest BCUT2D eigenvalue weighted by molar-refractivity contribution is 7.07. The highest BCUT2D eigenvalue weighted by Crippen LogP contribution is 2.27. The predicted molar refractivity (Wildman–Crippen MR) is 130 cm³/mol. The lowest BCUT2D eigenvalue weighted by Crippen LogP contribution is -2.42. The second-order valence-electron chi connectivity index (χ2n) is 8.01. The van der Waals surface area contributed by atoms with Gasteiger partial charge in [-0.1, -0.05) is 36.4 Å². The lowest BCUT2D eigenvalue weighted by atomic mass is 10.1. The predicted octanol–water partition coefficient (Wildman–Crippen LogP) is 3.94. The highest BCUT2D eigenvalue weighted by atomic mass is 32.1. The first-order valence-corrected chi connectivity index (χ1v) is 11.8. The van der Waals surface area contributed by atoms with E-state index in [0.29, 0.717) is 0 Å². The molecule has 0 saturated carbocycles. The number of carbonyl (C=O) groups is 1. The van der Waals surface area contributed by atoms with E-state index in [2.05, 4.69) is 50.8 Å². The van der Waals surface area contributed by atoms with Gasteiger partial charge in [-0.25, -0.2) is 9.97 Å². The lowest BCUT2D eigenvalue weighted by Gasteiger charge is -2.27. The van der Waals surface area contributed by atoms with Gasteiger partial charge in [0.1, 0.15) is 0 Å². The van der Waals surface area contributed by atoms with Gasteiger partial charge in [-0.05, 0) is 23.8 Å². The van der Waals surface area contributed by atoms with Crippen LogP contribution < -0.4 is 10.6 Å². The molecular weight excluding hydrogens is 418 g/mol. The fourth-order valence-electron chi connectivity index (χ4n) is 4.05. The molecule has 1 aliphatic rings. The molecule has 0 bridgehead atoms. The molecule has 2 aromatic carbocycles. The minimum Gasteiger partial charge on any atom is -0.324 e. The van der Waals surface area contributed by atoms with Crippen molar-refractivity contribution in [3.05, 3.63) is 76.7 Å². The van der Waals surface area contributed by atoms with Crippen molar-refractivity contribution in [1.82, 2.24) is 20.2 Å². The van der Waals surface area contributed by atoms with Crippen LogP contribution in [0.15, 0.2) is 65.5 Å². The van der Waals surface area contributed by atoms with Gasteiger partial charge in [0, 0.05) is 49.1 Å². The van der Waals surface area contributed by atoms with Crippen LogP contribution in [-0.2, 0) is 17.8 Å². The highest BCUT2D eigenvalue weighted by Gasteiger charge is 2.12. The number of nitrogens with zero attached hydrogens (tertiary/aromatic N) is 3. The fraction of sp³-hybridized carbons (Fsp3) is 0.240. The van der Waals surface area contributed by atoms with Gasteiger partial charge in [0.15, 0.2) is 0 Å². The third kappa shape index (κ3) is 4.85. The first-order valence-electron chi connectivity index (χ1n) is 10.8. The molecule has 0 radical (unpaired) electrons. The average molecular weight is 444 g/mol. The van der Waals surface area contributed by atoms with Crippen molar-refractivity contribution < 1.29 is 4.79 Å². The standard InChI is InChI=1S/C25H25N5OS/c31-24(14-21-16-32-17-27-21)28-23-6-2-4-19-7-8-22(29-25(19)23)20-5-1-3-18(13-20)15-30-11-9-26-10-12-30/h1-8,13,16-17,26H,9-12,14-15H2,(H,28,31). The molecule has 32 heavy (non-hydrogen) atoms. The van der Waals surface area contributed by atoms with Gasteiger partial charge in [-0.15, -0.1) is 11.3 Å². The second kappa shape index (κ2) is 9.56. The molecule has 2 aromatic heterocycles. The molecule has 7 heteroatoms. The molecule has 4 aromatic rings. The number of aromatic nitrogens is 2. The normalized spacial score (nSPS) is 14.5. The molecule has 6 nitrogen and oxygen atoms in total. The van der Waals surface area contributed by atoms with Gasteiger partial charge in [-0.2, -0.15) is 0 Å². The van der Waals surface area contributed by atoms with Gasteiger partial charge in [0.25, 0.3) is 0 Å². The van der Waals surface area contributed by atoms with Gasteiger partial charge in [0.2, 0.25) is 5.91 Å². The summed E-state index contributed by atoms with van der Waals surface area (Å²) in [5, 5.41) is 9.31. The van der Waals surface area contributed by atoms with E-state index in [9.17, 15) is 4.79 Å². The van der Waals surface area contributed by atoms with E-state index in [1.165, 1.54) is 16.9 Å². The molecule has 1 amide bonds. The van der Waals surface area contributed by atoms with Crippen molar-refractivity contribution in [2.45, 2.75) is 13.0 Å². The summed E-state index contributed by atoms with van der Waals surface area (Å²) in [4.78, 5) is 24.1. The van der Waals surface area contributed by atoms with Crippen molar-refractivity contribution in [2.24, 2.45) is 0 Å². The van der Waals surface area contributed by atoms with Gasteiger partial charge < -0.3 is 10.6 Å². The summed E-state index contributed by atoms with van der Waals surface area (Å²) in [6.45, 7) is 5.18. The molecule has 0 atom stereocenters. The molecule has 5 rings (SSSR count). The molecule has 2 N–H and O–H groups in total. The zero-order valence-electron chi connectivity index (χ0n) is 17.8. The average Bonchev–Trinajstić information content (AvgIpc) is 3.33. The SMILES string of the molecule is O=C(Cc1cscn1)Nc1cccc2ccc(-c3cccc(CN4CCNCC4)c3)nc12. The van der Waals surface area contributed by atoms with Crippen molar-refractivity contribution in [3.63, 3.8) is 0 Å². The maximum atomic E-state index is 12.5. The Hall–Kier alpha value is -3.13. The molecule has 1 aliphatic heterocycles. The summed E-state index contributed by atoms with van der Waals surface area (Å²) in [7, 11) is 0. The fourth-order valence-corrected chi connectivity index (χ4v) is 4.61. The van der Waals surface area contributed by atoms with E-state index >= 15 is 0 Å². The number of carbonyl (C=O) groups excluding carboxylic acids is 1. The van der Waals surface area contributed by atoms with Gasteiger partial charge in [0.05, 0.1) is 34.5 Å². The van der Waals surface area contributed by atoms with Crippen LogP contribution in [0.25, 0.3) is 22.2 Å². The molecule has 1 saturated heterocycles. The van der Waals surface area contributed by atoms with E-state index in [4.69, 9.17) is 4.98 Å². The number of pyridine rings is 1. The third-order valence-corrected chi connectivity index (χ3v) is 6.29. The maximum Gasteiger partial charge on any atom is 0.230 e. The Morgan fingerprint density at radius 2 is 1.97 bits per heavy atom. The van der Waals surface area contributed by atoms with E-state index in [-0.39, 0.29) is 12.3 Å². The summed E-state index contributed by atoms with van der Waals surface area (Å²) < 4.78 is 0. The van der Waals surface area contributed by atoms with Crippen LogP contribution in [0, 0.1) is 0 Å². The molecule has 0 aliphatic carbocycles. The topological polar surface area (TPSA) is 70.2 Å². The minimum atomic E-state index is -0.0892. The Kier molecular flexibility index (Phi) is 6.20. The monoisotopic (exact) mass is 443 g/mol. The number of hydrogen-bond acceptors (Lipinski definition) is 6. The van der Waals surface area contributed by atoms with Crippen molar-refractivity contribution in [2.75, 3.05) is 31.5 Å². The van der Waals surface area contributed by atoms with Crippen LogP contribution in [0.1, 0.15) is 11.3 Å². The quantitative estimate of drug-likeness (QED) is 0.472. The Balaban J connectivity index is 1.39. The van der Waals surface area contributed by atoms with Crippen molar-refractivity contribution in [1.29, 1.82) is 0 Å². The van der Waals surface area contributed by atoms with Crippen LogP contribution in [0.2, 0.25) is 0 Å². The first-order chi connectivity index (χ1) is 15.7. The number of piperazine rings is 1. The molecular formula is C25H25N5OS. The summed E-state index contributed by atoms with van der Waals surface area (Å²) in [6.07, 6.45) is 0.258. The zero-order chi connectivity index (χ0) is 21.8. The summed E-state index contributed by atoms with van der Waals surface area (Å²) in [5.41, 5.74) is 7.32. The van der Waals surface area contributed by atoms with Gasteiger partial charge in [-0.3, -0.25) is 9.69 Å². The summed E-state index contributed by atoms with van der Waals surface area (Å²) >= 11 is 1.49. The Bertz CT molecular complexity index is 1220. The second-order valence-corrected chi connectivity index (χ2v) is 8.72. The number of benzene rings is 2. The van der Waals surface area contributed by atoms with Crippen LogP contribution >= 0.6 is 11.3 Å². The molecule has 3 heterocycles. The van der Waals surface area contributed by atoms with E-state index in [1.54, 1.807) is 5.51 Å². The first kappa shape index (κ1) is 20.8. The number of thiazole rings is 1. The number of rotatable bonds is 6. The minimum absolute atomic E-state index is 0.0892. The number of para-hydroxylation sites is 1. The number of hydrogen-bond donors (Lipinski definition) is 2. The Morgan fingerprint density at radius 1 is 1.09 bits per heavy atom. The maximum absolute atomic E-state index is 12.5. The van der Waals surface area contributed by atoms with E-state index in [1.807, 2.05) is 29.6 Å². The van der Waals surface area contributed by atoms with Crippen molar-refractivity contribution in [3.8, 4) is 11.3 Å². The Labute approximate surface area is 191 Å². The van der Waals surface area contributed by atoms with E-state index < -0.39 is 0 Å². The number of fused-ring (bicyclic) bond motifs is 1. The number of amides is 1. The number of anilines is 1. The molecule has 0 unspecified atom stereocenters. The Morgan fingerprint density at radius 3 is 2.81 bits per heavy atom.